The van der Waals surface area contributed by atoms with E-state index in [1.54, 1.807) is 7.05 Å². The molecule has 0 aliphatic rings. The van der Waals surface area contributed by atoms with Crippen molar-refractivity contribution in [2.24, 2.45) is 7.05 Å². The zero-order chi connectivity index (χ0) is 11.7. The Bertz CT molecular complexity index is 491. The lowest BCUT2D eigenvalue weighted by molar-refractivity contribution is 0.142. The Morgan fingerprint density at radius 3 is 2.38 bits per heavy atom. The molecule has 0 amide bonds. The summed E-state index contributed by atoms with van der Waals surface area (Å²) in [6, 6.07) is 7.38. The van der Waals surface area contributed by atoms with E-state index in [1.165, 1.54) is 10.8 Å². The van der Waals surface area contributed by atoms with Crippen molar-refractivity contribution in [3.05, 3.63) is 40.6 Å². The number of nitrogens with zero attached hydrogens (tertiary/aromatic N) is 2. The normalized spacial score (nSPS) is 11.1. The van der Waals surface area contributed by atoms with Gasteiger partial charge in [-0.15, -0.1) is 0 Å². The Labute approximate surface area is 100 Å². The second-order valence-electron chi connectivity index (χ2n) is 3.37. The maximum Gasteiger partial charge on any atom is 0.280 e. The average Bonchev–Trinajstić information content (AvgIpc) is 2.61. The van der Waals surface area contributed by atoms with E-state index in [9.17, 15) is 8.78 Å². The lowest BCUT2D eigenvalue weighted by Gasteiger charge is -2.05. The molecule has 0 saturated carbocycles. The molecular weight excluding hydrogens is 278 g/mol. The zero-order valence-electron chi connectivity index (χ0n) is 8.49. The maximum atomic E-state index is 12.6. The third-order valence-electron chi connectivity index (χ3n) is 2.35. The van der Waals surface area contributed by atoms with Gasteiger partial charge in [-0.25, -0.2) is 13.8 Å². The molecule has 0 saturated heterocycles. The number of benzene rings is 1. The van der Waals surface area contributed by atoms with Crippen molar-refractivity contribution in [1.29, 1.82) is 0 Å². The van der Waals surface area contributed by atoms with Crippen molar-refractivity contribution in [2.45, 2.75) is 6.43 Å². The van der Waals surface area contributed by atoms with Crippen LogP contribution in [-0.2, 0) is 7.05 Å². The van der Waals surface area contributed by atoms with Gasteiger partial charge in [0.15, 0.2) is 0 Å². The minimum atomic E-state index is -2.50. The zero-order valence-corrected chi connectivity index (χ0v) is 10.1. The fourth-order valence-corrected chi connectivity index (χ4v) is 1.76. The molecule has 2 rings (SSSR count). The molecule has 5 heteroatoms. The molecule has 16 heavy (non-hydrogen) atoms. The van der Waals surface area contributed by atoms with E-state index in [1.807, 2.05) is 24.3 Å². The number of alkyl halides is 2. The molecule has 1 aromatic carbocycles. The Balaban J connectivity index is 2.45. The third-order valence-corrected chi connectivity index (χ3v) is 2.88. The van der Waals surface area contributed by atoms with E-state index >= 15 is 0 Å². The highest BCUT2D eigenvalue weighted by Crippen LogP contribution is 2.25. The molecule has 0 N–H and O–H groups in total. The van der Waals surface area contributed by atoms with Crippen LogP contribution in [0, 0.1) is 0 Å². The van der Waals surface area contributed by atoms with Gasteiger partial charge in [-0.3, -0.25) is 0 Å². The van der Waals surface area contributed by atoms with Gasteiger partial charge in [0, 0.05) is 17.1 Å². The van der Waals surface area contributed by atoms with Crippen LogP contribution < -0.4 is 0 Å². The predicted molar refractivity (Wildman–Crippen MR) is 61.3 cm³/mol. The van der Waals surface area contributed by atoms with Crippen LogP contribution in [-0.4, -0.2) is 9.55 Å². The molecule has 1 aromatic heterocycles. The molecule has 84 valence electrons. The minimum Gasteiger partial charge on any atom is -0.326 e. The van der Waals surface area contributed by atoms with Gasteiger partial charge in [-0.1, -0.05) is 28.1 Å². The van der Waals surface area contributed by atoms with Crippen LogP contribution in [0.4, 0.5) is 8.78 Å². The molecule has 0 radical (unpaired) electrons. The van der Waals surface area contributed by atoms with Crippen molar-refractivity contribution in [3.8, 4) is 11.4 Å². The van der Waals surface area contributed by atoms with Gasteiger partial charge in [0.1, 0.15) is 11.5 Å². The van der Waals surface area contributed by atoms with Crippen LogP contribution in [0.15, 0.2) is 34.9 Å². The quantitative estimate of drug-likeness (QED) is 0.821. The molecule has 1 heterocycles. The molecule has 0 aliphatic carbocycles. The van der Waals surface area contributed by atoms with E-state index < -0.39 is 6.43 Å². The van der Waals surface area contributed by atoms with Gasteiger partial charge in [0.05, 0.1) is 6.20 Å². The topological polar surface area (TPSA) is 17.8 Å². The number of hydrogen-bond donors (Lipinski definition) is 0. The predicted octanol–water partition coefficient (Wildman–Crippen LogP) is 3.79. The lowest BCUT2D eigenvalue weighted by atomic mass is 10.2. The molecule has 2 nitrogen and oxygen atoms in total. The second kappa shape index (κ2) is 4.33. The van der Waals surface area contributed by atoms with Crippen LogP contribution in [0.5, 0.6) is 0 Å². The fourth-order valence-electron chi connectivity index (χ4n) is 1.49. The largest absolute Gasteiger partial charge is 0.326 e. The van der Waals surface area contributed by atoms with Crippen molar-refractivity contribution >= 4 is 15.9 Å². The third kappa shape index (κ3) is 2.00. The molecule has 0 atom stereocenters. The van der Waals surface area contributed by atoms with Gasteiger partial charge in [0.2, 0.25) is 0 Å². The molecule has 0 unspecified atom stereocenters. The van der Waals surface area contributed by atoms with E-state index in [-0.39, 0.29) is 5.69 Å². The minimum absolute atomic E-state index is 0.0714. The molecule has 2 aromatic rings. The van der Waals surface area contributed by atoms with Crippen LogP contribution in [0.2, 0.25) is 0 Å². The van der Waals surface area contributed by atoms with E-state index in [2.05, 4.69) is 20.9 Å². The highest BCUT2D eigenvalue weighted by molar-refractivity contribution is 9.10. The number of aromatic nitrogens is 2. The van der Waals surface area contributed by atoms with Gasteiger partial charge < -0.3 is 4.57 Å². The highest BCUT2D eigenvalue weighted by Gasteiger charge is 2.15. The first-order valence-corrected chi connectivity index (χ1v) is 5.44. The molecule has 0 spiro atoms. The van der Waals surface area contributed by atoms with Gasteiger partial charge in [-0.05, 0) is 12.1 Å². The van der Waals surface area contributed by atoms with Crippen molar-refractivity contribution in [1.82, 2.24) is 9.55 Å². The number of hydrogen-bond acceptors (Lipinski definition) is 1. The van der Waals surface area contributed by atoms with Crippen molar-refractivity contribution in [3.63, 3.8) is 0 Å². The smallest absolute Gasteiger partial charge is 0.280 e. The molecule has 0 bridgehead atoms. The summed E-state index contributed by atoms with van der Waals surface area (Å²) in [5, 5.41) is 0. The van der Waals surface area contributed by atoms with E-state index in [0.29, 0.717) is 5.82 Å². The summed E-state index contributed by atoms with van der Waals surface area (Å²) in [6.45, 7) is 0. The van der Waals surface area contributed by atoms with E-state index in [4.69, 9.17) is 0 Å². The van der Waals surface area contributed by atoms with Crippen molar-refractivity contribution < 1.29 is 8.78 Å². The standard InChI is InChI=1S/C11H9BrF2N2/c1-16-9(10(13)14)6-15-11(16)7-2-4-8(12)5-3-7/h2-6,10H,1H3. The van der Waals surface area contributed by atoms with E-state index in [0.717, 1.165) is 10.0 Å². The number of rotatable bonds is 2. The van der Waals surface area contributed by atoms with Crippen LogP contribution in [0.3, 0.4) is 0 Å². The fraction of sp³-hybridized carbons (Fsp3) is 0.182. The Hall–Kier alpha value is -1.23. The number of imidazole rings is 1. The first-order chi connectivity index (χ1) is 7.59. The summed E-state index contributed by atoms with van der Waals surface area (Å²) in [7, 11) is 1.59. The van der Waals surface area contributed by atoms with Crippen LogP contribution in [0.1, 0.15) is 12.1 Å². The Kier molecular flexibility index (Phi) is 3.05. The molecule has 0 fully saturated rings. The Morgan fingerprint density at radius 2 is 1.88 bits per heavy atom. The summed E-state index contributed by atoms with van der Waals surface area (Å²) in [4.78, 5) is 4.00. The summed E-state index contributed by atoms with van der Waals surface area (Å²) in [5.41, 5.74) is 0.746. The van der Waals surface area contributed by atoms with Gasteiger partial charge >= 0.3 is 0 Å². The van der Waals surface area contributed by atoms with Gasteiger partial charge in [0.25, 0.3) is 6.43 Å². The number of halogens is 3. The van der Waals surface area contributed by atoms with Crippen LogP contribution >= 0.6 is 15.9 Å². The lowest BCUT2D eigenvalue weighted by Crippen LogP contribution is -1.98. The summed E-state index contributed by atoms with van der Waals surface area (Å²) in [5.74, 6) is 0.544. The summed E-state index contributed by atoms with van der Waals surface area (Å²) >= 11 is 3.32. The first kappa shape index (κ1) is 11.3. The summed E-state index contributed by atoms with van der Waals surface area (Å²) in [6.07, 6.45) is -1.29. The first-order valence-electron chi connectivity index (χ1n) is 4.65. The van der Waals surface area contributed by atoms with Crippen LogP contribution in [0.25, 0.3) is 11.4 Å². The molecular formula is C11H9BrF2N2. The highest BCUT2D eigenvalue weighted by atomic mass is 79.9. The van der Waals surface area contributed by atoms with Gasteiger partial charge in [-0.2, -0.15) is 0 Å². The van der Waals surface area contributed by atoms with Crippen molar-refractivity contribution in [2.75, 3.05) is 0 Å². The SMILES string of the molecule is Cn1c(C(F)F)cnc1-c1ccc(Br)cc1. The second-order valence-corrected chi connectivity index (χ2v) is 4.29. The summed E-state index contributed by atoms with van der Waals surface area (Å²) < 4.78 is 27.5. The maximum absolute atomic E-state index is 12.6. The average molecular weight is 287 g/mol. The Morgan fingerprint density at radius 1 is 1.25 bits per heavy atom. The monoisotopic (exact) mass is 286 g/mol. The molecule has 0 aliphatic heterocycles.